The summed E-state index contributed by atoms with van der Waals surface area (Å²) in [5.74, 6) is 0.936. The largest absolute Gasteiger partial charge is 0.393 e. The second-order valence-electron chi connectivity index (χ2n) is 4.56. The van der Waals surface area contributed by atoms with E-state index in [1.54, 1.807) is 0 Å². The molecule has 1 aliphatic rings. The van der Waals surface area contributed by atoms with Gasteiger partial charge in [-0.1, -0.05) is 19.8 Å². The van der Waals surface area contributed by atoms with E-state index in [0.29, 0.717) is 0 Å². The van der Waals surface area contributed by atoms with Crippen LogP contribution in [-0.4, -0.2) is 24.3 Å². The van der Waals surface area contributed by atoms with Crippen LogP contribution in [0.4, 0.5) is 0 Å². The summed E-state index contributed by atoms with van der Waals surface area (Å²) >= 11 is 0. The van der Waals surface area contributed by atoms with Gasteiger partial charge < -0.3 is 10.4 Å². The summed E-state index contributed by atoms with van der Waals surface area (Å²) in [5, 5.41) is 12.8. The average Bonchev–Trinajstić information content (AvgIpc) is 2.69. The Hall–Kier alpha value is -0.0800. The molecule has 84 valence electrons. The minimum Gasteiger partial charge on any atom is -0.393 e. The van der Waals surface area contributed by atoms with Crippen LogP contribution in [0.2, 0.25) is 0 Å². The Morgan fingerprint density at radius 1 is 1.36 bits per heavy atom. The Labute approximate surface area is 88.1 Å². The van der Waals surface area contributed by atoms with Crippen molar-refractivity contribution in [1.82, 2.24) is 5.32 Å². The molecular formula is C12H25NO. The van der Waals surface area contributed by atoms with Crippen molar-refractivity contribution in [2.45, 2.75) is 58.0 Å². The van der Waals surface area contributed by atoms with Crippen molar-refractivity contribution < 1.29 is 5.11 Å². The number of rotatable bonds is 7. The van der Waals surface area contributed by atoms with Crippen molar-refractivity contribution in [3.05, 3.63) is 0 Å². The van der Waals surface area contributed by atoms with Crippen LogP contribution in [-0.2, 0) is 0 Å². The zero-order chi connectivity index (χ0) is 10.2. The minimum atomic E-state index is -0.0803. The summed E-state index contributed by atoms with van der Waals surface area (Å²) < 4.78 is 0. The van der Waals surface area contributed by atoms with Gasteiger partial charge in [0.25, 0.3) is 0 Å². The molecule has 2 nitrogen and oxygen atoms in total. The maximum atomic E-state index is 9.34. The lowest BCUT2D eigenvalue weighted by Gasteiger charge is -2.11. The molecular weight excluding hydrogens is 174 g/mol. The van der Waals surface area contributed by atoms with Gasteiger partial charge in [-0.25, -0.2) is 0 Å². The van der Waals surface area contributed by atoms with Gasteiger partial charge in [0.15, 0.2) is 0 Å². The van der Waals surface area contributed by atoms with E-state index in [1.807, 2.05) is 6.92 Å². The Morgan fingerprint density at radius 2 is 2.07 bits per heavy atom. The van der Waals surface area contributed by atoms with E-state index in [-0.39, 0.29) is 6.10 Å². The molecule has 14 heavy (non-hydrogen) atoms. The zero-order valence-electron chi connectivity index (χ0n) is 9.47. The number of aliphatic hydroxyl groups excluding tert-OH is 1. The third-order valence-corrected chi connectivity index (χ3v) is 3.27. The molecule has 2 N–H and O–H groups in total. The summed E-state index contributed by atoms with van der Waals surface area (Å²) in [7, 11) is 0. The summed E-state index contributed by atoms with van der Waals surface area (Å²) in [6, 6.07) is 0. The van der Waals surface area contributed by atoms with Crippen molar-refractivity contribution >= 4 is 0 Å². The average molecular weight is 199 g/mol. The SMILES string of the molecule is CCC(O)CCCNCC1CCCC1. The normalized spacial score (nSPS) is 20.1. The Kier molecular flexibility index (Phi) is 6.20. The molecule has 1 saturated carbocycles. The molecule has 0 bridgehead atoms. The minimum absolute atomic E-state index is 0.0803. The molecule has 1 aliphatic carbocycles. The molecule has 0 heterocycles. The van der Waals surface area contributed by atoms with Gasteiger partial charge in [-0.15, -0.1) is 0 Å². The van der Waals surface area contributed by atoms with E-state index in [9.17, 15) is 5.11 Å². The van der Waals surface area contributed by atoms with Crippen molar-refractivity contribution in [3.8, 4) is 0 Å². The Balaban J connectivity index is 1.84. The van der Waals surface area contributed by atoms with Crippen LogP contribution in [0, 0.1) is 5.92 Å². The van der Waals surface area contributed by atoms with Crippen LogP contribution in [0.1, 0.15) is 51.9 Å². The number of nitrogens with one attached hydrogen (secondary N) is 1. The fourth-order valence-corrected chi connectivity index (χ4v) is 2.19. The number of hydrogen-bond donors (Lipinski definition) is 2. The van der Waals surface area contributed by atoms with Crippen molar-refractivity contribution in [3.63, 3.8) is 0 Å². The summed E-state index contributed by atoms with van der Waals surface area (Å²) in [5.41, 5.74) is 0. The lowest BCUT2D eigenvalue weighted by Crippen LogP contribution is -2.23. The molecule has 0 aliphatic heterocycles. The van der Waals surface area contributed by atoms with E-state index < -0.39 is 0 Å². The highest BCUT2D eigenvalue weighted by Crippen LogP contribution is 2.23. The summed E-state index contributed by atoms with van der Waals surface area (Å²) in [4.78, 5) is 0. The predicted molar refractivity (Wildman–Crippen MR) is 60.4 cm³/mol. The topological polar surface area (TPSA) is 32.3 Å². The number of aliphatic hydroxyl groups is 1. The molecule has 0 aromatic rings. The molecule has 0 amide bonds. The molecule has 1 atom stereocenters. The molecule has 0 aromatic heterocycles. The monoisotopic (exact) mass is 199 g/mol. The highest BCUT2D eigenvalue weighted by atomic mass is 16.3. The molecule has 1 rings (SSSR count). The Bertz CT molecular complexity index is 132. The standard InChI is InChI=1S/C12H25NO/c1-2-12(14)8-5-9-13-10-11-6-3-4-7-11/h11-14H,2-10H2,1H3. The Morgan fingerprint density at radius 3 is 2.71 bits per heavy atom. The van der Waals surface area contributed by atoms with E-state index in [4.69, 9.17) is 0 Å². The third kappa shape index (κ3) is 4.97. The van der Waals surface area contributed by atoms with Gasteiger partial charge in [-0.05, 0) is 51.1 Å². The second kappa shape index (κ2) is 7.24. The number of hydrogen-bond acceptors (Lipinski definition) is 2. The van der Waals surface area contributed by atoms with Crippen molar-refractivity contribution in [2.75, 3.05) is 13.1 Å². The lowest BCUT2D eigenvalue weighted by atomic mass is 10.1. The molecule has 0 spiro atoms. The predicted octanol–water partition coefficient (Wildman–Crippen LogP) is 2.32. The van der Waals surface area contributed by atoms with Crippen LogP contribution < -0.4 is 5.32 Å². The van der Waals surface area contributed by atoms with Gasteiger partial charge in [0, 0.05) is 0 Å². The molecule has 2 heteroatoms. The second-order valence-corrected chi connectivity index (χ2v) is 4.56. The first-order chi connectivity index (χ1) is 6.83. The van der Waals surface area contributed by atoms with Crippen LogP contribution in [0.25, 0.3) is 0 Å². The molecule has 0 aromatic carbocycles. The van der Waals surface area contributed by atoms with Crippen LogP contribution in [0.5, 0.6) is 0 Å². The van der Waals surface area contributed by atoms with Crippen molar-refractivity contribution in [2.24, 2.45) is 5.92 Å². The zero-order valence-corrected chi connectivity index (χ0v) is 9.47. The molecule has 1 fully saturated rings. The molecule has 1 unspecified atom stereocenters. The van der Waals surface area contributed by atoms with Crippen LogP contribution in [0.15, 0.2) is 0 Å². The van der Waals surface area contributed by atoms with E-state index in [1.165, 1.54) is 32.2 Å². The third-order valence-electron chi connectivity index (χ3n) is 3.27. The molecule has 0 saturated heterocycles. The van der Waals surface area contributed by atoms with Gasteiger partial charge in [0.2, 0.25) is 0 Å². The fourth-order valence-electron chi connectivity index (χ4n) is 2.19. The molecule has 0 radical (unpaired) electrons. The van der Waals surface area contributed by atoms with Crippen molar-refractivity contribution in [1.29, 1.82) is 0 Å². The highest BCUT2D eigenvalue weighted by molar-refractivity contribution is 4.69. The van der Waals surface area contributed by atoms with Gasteiger partial charge in [0.05, 0.1) is 6.10 Å². The van der Waals surface area contributed by atoms with Gasteiger partial charge >= 0.3 is 0 Å². The first-order valence-electron chi connectivity index (χ1n) is 6.21. The first kappa shape index (κ1) is 12.0. The maximum Gasteiger partial charge on any atom is 0.0538 e. The van der Waals surface area contributed by atoms with Gasteiger partial charge in [-0.2, -0.15) is 0 Å². The lowest BCUT2D eigenvalue weighted by molar-refractivity contribution is 0.157. The van der Waals surface area contributed by atoms with Gasteiger partial charge in [-0.3, -0.25) is 0 Å². The van der Waals surface area contributed by atoms with Crippen LogP contribution in [0.3, 0.4) is 0 Å². The summed E-state index contributed by atoms with van der Waals surface area (Å²) in [6.45, 7) is 4.31. The fraction of sp³-hybridized carbons (Fsp3) is 1.00. The van der Waals surface area contributed by atoms with E-state index in [0.717, 1.165) is 31.7 Å². The first-order valence-corrected chi connectivity index (χ1v) is 6.21. The van der Waals surface area contributed by atoms with Crippen LogP contribution >= 0.6 is 0 Å². The maximum absolute atomic E-state index is 9.34. The smallest absolute Gasteiger partial charge is 0.0538 e. The quantitative estimate of drug-likeness (QED) is 0.617. The van der Waals surface area contributed by atoms with Gasteiger partial charge in [0.1, 0.15) is 0 Å². The van der Waals surface area contributed by atoms with E-state index >= 15 is 0 Å². The highest BCUT2D eigenvalue weighted by Gasteiger charge is 2.13. The van der Waals surface area contributed by atoms with E-state index in [2.05, 4.69) is 5.32 Å². The summed E-state index contributed by atoms with van der Waals surface area (Å²) in [6.07, 6.45) is 8.58.